The number of hydrogen-bond acceptors (Lipinski definition) is 4. The van der Waals surface area contributed by atoms with Crippen molar-refractivity contribution in [3.05, 3.63) is 35.4 Å². The number of rotatable bonds is 2. The average Bonchev–Trinajstić information content (AvgIpc) is 2.61. The number of fused-ring (bicyclic) bond motifs is 1. The third kappa shape index (κ3) is 1.80. The molecule has 1 fully saturated rings. The van der Waals surface area contributed by atoms with Crippen LogP contribution >= 0.6 is 0 Å². The van der Waals surface area contributed by atoms with E-state index in [1.165, 1.54) is 12.1 Å². The van der Waals surface area contributed by atoms with E-state index in [1.807, 2.05) is 0 Å². The molecule has 0 aromatic heterocycles. The summed E-state index contributed by atoms with van der Waals surface area (Å²) in [4.78, 5) is 40.2. The van der Waals surface area contributed by atoms with Gasteiger partial charge in [-0.2, -0.15) is 0 Å². The van der Waals surface area contributed by atoms with Gasteiger partial charge in [0.25, 0.3) is 11.8 Å². The van der Waals surface area contributed by atoms with E-state index in [9.17, 15) is 18.8 Å². The second-order valence-electron chi connectivity index (χ2n) is 4.63. The van der Waals surface area contributed by atoms with E-state index in [0.717, 1.165) is 0 Å². The first-order valence-electron chi connectivity index (χ1n) is 5.91. The molecule has 98 valence electrons. The number of carbonyl (C=O) groups excluding carboxylic acids is 3. The number of benzene rings is 1. The fraction of sp³-hybridized carbons (Fsp3) is 0.308. The average molecular weight is 263 g/mol. The van der Waals surface area contributed by atoms with Crippen molar-refractivity contribution in [1.29, 1.82) is 0 Å². The van der Waals surface area contributed by atoms with Gasteiger partial charge in [0.15, 0.2) is 0 Å². The van der Waals surface area contributed by atoms with Gasteiger partial charge in [-0.1, -0.05) is 17.2 Å². The highest BCUT2D eigenvalue weighted by molar-refractivity contribution is 6.20. The first-order chi connectivity index (χ1) is 9.08. The lowest BCUT2D eigenvalue weighted by Crippen LogP contribution is -2.39. The van der Waals surface area contributed by atoms with Gasteiger partial charge in [0.1, 0.15) is 6.17 Å². The Balaban J connectivity index is 1.75. The Labute approximate surface area is 107 Å². The van der Waals surface area contributed by atoms with Crippen molar-refractivity contribution >= 4 is 17.8 Å². The van der Waals surface area contributed by atoms with Gasteiger partial charge in [-0.3, -0.25) is 9.59 Å². The lowest BCUT2D eigenvalue weighted by atomic mass is 9.84. The van der Waals surface area contributed by atoms with E-state index in [1.54, 1.807) is 12.1 Å². The maximum absolute atomic E-state index is 12.7. The molecule has 0 spiro atoms. The Hall–Kier alpha value is -2.24. The van der Waals surface area contributed by atoms with Crippen LogP contribution in [-0.2, 0) is 9.63 Å². The van der Waals surface area contributed by atoms with Gasteiger partial charge in [-0.15, -0.1) is 0 Å². The molecule has 2 aliphatic rings. The van der Waals surface area contributed by atoms with Gasteiger partial charge in [-0.25, -0.2) is 9.18 Å². The highest BCUT2D eigenvalue weighted by Gasteiger charge is 2.42. The van der Waals surface area contributed by atoms with E-state index in [2.05, 4.69) is 0 Å². The Bertz CT molecular complexity index is 545. The predicted octanol–water partition coefficient (Wildman–Crippen LogP) is 1.49. The molecule has 19 heavy (non-hydrogen) atoms. The number of imide groups is 1. The van der Waals surface area contributed by atoms with Gasteiger partial charge in [0, 0.05) is 0 Å². The summed E-state index contributed by atoms with van der Waals surface area (Å²) in [5, 5.41) is 0.457. The Kier molecular flexibility index (Phi) is 2.58. The molecular formula is C13H10FNO4. The van der Waals surface area contributed by atoms with E-state index >= 15 is 0 Å². The summed E-state index contributed by atoms with van der Waals surface area (Å²) in [6.45, 7) is 0. The van der Waals surface area contributed by atoms with Crippen LogP contribution in [0.4, 0.5) is 4.39 Å². The van der Waals surface area contributed by atoms with Crippen LogP contribution in [0.25, 0.3) is 0 Å². The lowest BCUT2D eigenvalue weighted by molar-refractivity contribution is -0.178. The summed E-state index contributed by atoms with van der Waals surface area (Å²) in [6, 6.07) is 6.22. The van der Waals surface area contributed by atoms with Gasteiger partial charge in [0.2, 0.25) is 0 Å². The minimum atomic E-state index is -1.00. The van der Waals surface area contributed by atoms with Gasteiger partial charge >= 0.3 is 5.97 Å². The van der Waals surface area contributed by atoms with Crippen molar-refractivity contribution in [3.8, 4) is 0 Å². The third-order valence-electron chi connectivity index (χ3n) is 3.35. The van der Waals surface area contributed by atoms with Crippen molar-refractivity contribution in [2.45, 2.75) is 19.0 Å². The molecule has 1 aliphatic carbocycles. The van der Waals surface area contributed by atoms with Gasteiger partial charge in [0.05, 0.1) is 17.0 Å². The number of halogens is 1. The van der Waals surface area contributed by atoms with Gasteiger partial charge in [-0.05, 0) is 25.0 Å². The van der Waals surface area contributed by atoms with Crippen LogP contribution in [0, 0.1) is 5.92 Å². The molecule has 0 saturated heterocycles. The monoisotopic (exact) mass is 263 g/mol. The lowest BCUT2D eigenvalue weighted by Gasteiger charge is -2.28. The summed E-state index contributed by atoms with van der Waals surface area (Å²) in [5.41, 5.74) is 0.412. The van der Waals surface area contributed by atoms with Crippen LogP contribution in [-0.4, -0.2) is 29.0 Å². The summed E-state index contributed by atoms with van der Waals surface area (Å²) in [6.07, 6.45) is -0.830. The fourth-order valence-corrected chi connectivity index (χ4v) is 2.16. The van der Waals surface area contributed by atoms with E-state index in [-0.39, 0.29) is 24.0 Å². The van der Waals surface area contributed by atoms with Crippen LogP contribution < -0.4 is 0 Å². The SMILES string of the molecule is O=C(ON1C(=O)c2ccccc2C1=O)C1CC(F)C1. The molecule has 1 heterocycles. The Morgan fingerprint density at radius 3 is 2.16 bits per heavy atom. The number of hydrogen-bond donors (Lipinski definition) is 0. The van der Waals surface area contributed by atoms with Crippen molar-refractivity contribution in [2.24, 2.45) is 5.92 Å². The smallest absolute Gasteiger partial charge is 0.329 e. The standard InChI is InChI=1S/C13H10FNO4/c14-8-5-7(6-8)13(18)19-15-11(16)9-3-1-2-4-10(9)12(15)17/h1-4,7-8H,5-6H2. The first-order valence-corrected chi connectivity index (χ1v) is 5.91. The molecule has 0 unspecified atom stereocenters. The molecule has 0 bridgehead atoms. The molecule has 3 rings (SSSR count). The summed E-state index contributed by atoms with van der Waals surface area (Å²) < 4.78 is 12.7. The molecule has 0 N–H and O–H groups in total. The number of hydroxylamine groups is 2. The second kappa shape index (κ2) is 4.15. The Morgan fingerprint density at radius 2 is 1.68 bits per heavy atom. The molecule has 6 heteroatoms. The first kappa shape index (κ1) is 11.8. The molecule has 1 aromatic carbocycles. The molecular weight excluding hydrogens is 253 g/mol. The third-order valence-corrected chi connectivity index (χ3v) is 3.35. The quantitative estimate of drug-likeness (QED) is 0.758. The minimum absolute atomic E-state index is 0.0853. The largest absolute Gasteiger partial charge is 0.336 e. The van der Waals surface area contributed by atoms with Crippen molar-refractivity contribution in [2.75, 3.05) is 0 Å². The molecule has 2 amide bonds. The number of amides is 2. The van der Waals surface area contributed by atoms with Crippen LogP contribution in [0.3, 0.4) is 0 Å². The highest BCUT2D eigenvalue weighted by atomic mass is 19.1. The molecule has 1 aromatic rings. The minimum Gasteiger partial charge on any atom is -0.329 e. The molecule has 5 nitrogen and oxygen atoms in total. The Morgan fingerprint density at radius 1 is 1.16 bits per heavy atom. The molecule has 1 saturated carbocycles. The number of nitrogens with zero attached hydrogens (tertiary/aromatic N) is 1. The summed E-state index contributed by atoms with van der Waals surface area (Å²) in [5.74, 6) is -2.63. The van der Waals surface area contributed by atoms with Crippen molar-refractivity contribution < 1.29 is 23.6 Å². The predicted molar refractivity (Wildman–Crippen MR) is 60.7 cm³/mol. The zero-order valence-corrected chi connectivity index (χ0v) is 9.84. The van der Waals surface area contributed by atoms with Crippen LogP contribution in [0.2, 0.25) is 0 Å². The molecule has 0 atom stereocenters. The summed E-state index contributed by atoms with van der Waals surface area (Å²) >= 11 is 0. The topological polar surface area (TPSA) is 63.7 Å². The molecule has 0 radical (unpaired) electrons. The fourth-order valence-electron chi connectivity index (χ4n) is 2.16. The maximum atomic E-state index is 12.7. The normalized spacial score (nSPS) is 25.0. The van der Waals surface area contributed by atoms with E-state index < -0.39 is 29.9 Å². The van der Waals surface area contributed by atoms with Crippen LogP contribution in [0.1, 0.15) is 33.6 Å². The number of alkyl halides is 1. The van der Waals surface area contributed by atoms with E-state index in [4.69, 9.17) is 4.84 Å². The summed E-state index contributed by atoms with van der Waals surface area (Å²) in [7, 11) is 0. The maximum Gasteiger partial charge on any atom is 0.336 e. The van der Waals surface area contributed by atoms with Gasteiger partial charge < -0.3 is 4.84 Å². The van der Waals surface area contributed by atoms with Crippen molar-refractivity contribution in [1.82, 2.24) is 5.06 Å². The number of carbonyl (C=O) groups is 3. The molecule has 1 aliphatic heterocycles. The van der Waals surface area contributed by atoms with Crippen LogP contribution in [0.5, 0.6) is 0 Å². The highest BCUT2D eigenvalue weighted by Crippen LogP contribution is 2.32. The second-order valence-corrected chi connectivity index (χ2v) is 4.63. The zero-order chi connectivity index (χ0) is 13.6. The van der Waals surface area contributed by atoms with Crippen molar-refractivity contribution in [3.63, 3.8) is 0 Å². The van der Waals surface area contributed by atoms with E-state index in [0.29, 0.717) is 5.06 Å². The van der Waals surface area contributed by atoms with Crippen LogP contribution in [0.15, 0.2) is 24.3 Å². The zero-order valence-electron chi connectivity index (χ0n) is 9.84.